The molecule has 0 saturated carbocycles. The third-order valence-electron chi connectivity index (χ3n) is 6.51. The maximum absolute atomic E-state index is 12.7. The van der Waals surface area contributed by atoms with Gasteiger partial charge in [0.1, 0.15) is 0 Å². The van der Waals surface area contributed by atoms with Gasteiger partial charge in [0.25, 0.3) is 0 Å². The zero-order chi connectivity index (χ0) is 29.5. The number of nitrogens with one attached hydrogen (secondary N) is 2. The quantitative estimate of drug-likeness (QED) is 0.275. The molecule has 0 amide bonds. The third-order valence-corrected chi connectivity index (χ3v) is 9.13. The number of hydrogen-bond donors (Lipinski definition) is 3. The summed E-state index contributed by atoms with van der Waals surface area (Å²) < 4.78 is 59.9. The molecule has 1 fully saturated rings. The number of halogens is 4. The van der Waals surface area contributed by atoms with Gasteiger partial charge < -0.3 is 10.4 Å². The fourth-order valence-electron chi connectivity index (χ4n) is 4.23. The van der Waals surface area contributed by atoms with Crippen LogP contribution in [-0.2, 0) is 27.9 Å². The second-order valence-corrected chi connectivity index (χ2v) is 12.4. The van der Waals surface area contributed by atoms with E-state index in [4.69, 9.17) is 21.5 Å². The standard InChI is InChI=1S/C25H30ClN3O2S2.C2HF3O2/c1-18-16-32-17-21(18)14-27-33(30,31)23-8-9-25(24(26)13-23)28-22-10-11-29(19(2)12-22)15-20-6-4-3-5-7-20;3-2(4,5)1(6)7/h3-9,13,16-17,19,22,27-28H,10-12,14-15H2,1-2H3;(H,6,7). The molecule has 1 aliphatic heterocycles. The normalized spacial score (nSPS) is 18.1. The van der Waals surface area contributed by atoms with E-state index in [0.717, 1.165) is 42.7 Å². The summed E-state index contributed by atoms with van der Waals surface area (Å²) in [5, 5.41) is 15.0. The lowest BCUT2D eigenvalue weighted by molar-refractivity contribution is -0.192. The van der Waals surface area contributed by atoms with E-state index < -0.39 is 22.2 Å². The van der Waals surface area contributed by atoms with Crippen LogP contribution in [0.1, 0.15) is 36.5 Å². The number of anilines is 1. The van der Waals surface area contributed by atoms with Crippen LogP contribution in [0.15, 0.2) is 64.2 Å². The number of carbonyl (C=O) groups is 1. The Labute approximate surface area is 241 Å². The fraction of sp³-hybridized carbons (Fsp3) is 0.370. The van der Waals surface area contributed by atoms with Crippen LogP contribution in [0.5, 0.6) is 0 Å². The van der Waals surface area contributed by atoms with Crippen molar-refractivity contribution in [2.75, 3.05) is 11.9 Å². The number of aliphatic carboxylic acids is 1. The first kappa shape index (κ1) is 31.9. The summed E-state index contributed by atoms with van der Waals surface area (Å²) in [7, 11) is -3.64. The molecule has 2 heterocycles. The van der Waals surface area contributed by atoms with Crippen molar-refractivity contribution in [3.63, 3.8) is 0 Å². The van der Waals surface area contributed by atoms with Gasteiger partial charge in [-0.25, -0.2) is 17.9 Å². The molecule has 0 aliphatic carbocycles. The Morgan fingerprint density at radius 2 is 1.85 bits per heavy atom. The summed E-state index contributed by atoms with van der Waals surface area (Å²) in [5.74, 6) is -2.76. The molecule has 1 aliphatic rings. The molecule has 3 aromatic rings. The van der Waals surface area contributed by atoms with Gasteiger partial charge in [-0.1, -0.05) is 41.9 Å². The number of nitrogens with zero attached hydrogens (tertiary/aromatic N) is 1. The first-order valence-corrected chi connectivity index (χ1v) is 15.2. The Balaban J connectivity index is 0.000000559. The molecule has 13 heteroatoms. The van der Waals surface area contributed by atoms with Gasteiger partial charge in [0.05, 0.1) is 15.6 Å². The highest BCUT2D eigenvalue weighted by molar-refractivity contribution is 7.89. The van der Waals surface area contributed by atoms with Gasteiger partial charge in [-0.05, 0) is 72.3 Å². The van der Waals surface area contributed by atoms with Crippen molar-refractivity contribution in [2.45, 2.75) is 62.9 Å². The summed E-state index contributed by atoms with van der Waals surface area (Å²) >= 11 is 8.06. The number of alkyl halides is 3. The topological polar surface area (TPSA) is 98.7 Å². The lowest BCUT2D eigenvalue weighted by Crippen LogP contribution is -2.44. The Kier molecular flexibility index (Phi) is 11.0. The number of sulfonamides is 1. The molecular formula is C27H31ClF3N3O4S2. The summed E-state index contributed by atoms with van der Waals surface area (Å²) in [4.78, 5) is 11.6. The molecule has 0 bridgehead atoms. The van der Waals surface area contributed by atoms with Crippen molar-refractivity contribution >= 4 is 44.6 Å². The minimum atomic E-state index is -5.08. The van der Waals surface area contributed by atoms with E-state index in [1.54, 1.807) is 23.5 Å². The molecular weight excluding hydrogens is 587 g/mol. The molecule has 4 rings (SSSR count). The van der Waals surface area contributed by atoms with E-state index in [1.165, 1.54) is 11.6 Å². The number of carboxylic acid groups (broad SMARTS) is 1. The molecule has 1 saturated heterocycles. The molecule has 2 atom stereocenters. The number of hydrogen-bond acceptors (Lipinski definition) is 6. The van der Waals surface area contributed by atoms with Crippen LogP contribution in [0.4, 0.5) is 18.9 Å². The van der Waals surface area contributed by atoms with Crippen LogP contribution in [0.25, 0.3) is 0 Å². The molecule has 7 nitrogen and oxygen atoms in total. The SMILES string of the molecule is Cc1cscc1CNS(=O)(=O)c1ccc(NC2CCN(Cc3ccccc3)C(C)C2)c(Cl)c1.O=C(O)C(F)(F)F. The van der Waals surface area contributed by atoms with Gasteiger partial charge in [-0.3, -0.25) is 4.90 Å². The lowest BCUT2D eigenvalue weighted by Gasteiger charge is -2.38. The maximum atomic E-state index is 12.7. The molecule has 2 unspecified atom stereocenters. The van der Waals surface area contributed by atoms with Gasteiger partial charge in [0.2, 0.25) is 10.0 Å². The van der Waals surface area contributed by atoms with Gasteiger partial charge in [0.15, 0.2) is 0 Å². The molecule has 2 aromatic carbocycles. The predicted octanol–water partition coefficient (Wildman–Crippen LogP) is 6.29. The smallest absolute Gasteiger partial charge is 0.475 e. The highest BCUT2D eigenvalue weighted by Crippen LogP contribution is 2.29. The number of piperidine rings is 1. The largest absolute Gasteiger partial charge is 0.490 e. The second kappa shape index (κ2) is 13.8. The average molecular weight is 618 g/mol. The first-order valence-electron chi connectivity index (χ1n) is 12.4. The van der Waals surface area contributed by atoms with Gasteiger partial charge in [-0.2, -0.15) is 24.5 Å². The van der Waals surface area contributed by atoms with E-state index >= 15 is 0 Å². The number of thiophene rings is 1. The average Bonchev–Trinajstić information content (AvgIpc) is 3.30. The van der Waals surface area contributed by atoms with Crippen LogP contribution >= 0.6 is 22.9 Å². The van der Waals surface area contributed by atoms with Gasteiger partial charge in [-0.15, -0.1) is 0 Å². The summed E-state index contributed by atoms with van der Waals surface area (Å²) in [6.07, 6.45) is -3.07. The fourth-order valence-corrected chi connectivity index (χ4v) is 6.42. The highest BCUT2D eigenvalue weighted by Gasteiger charge is 2.38. The molecule has 3 N–H and O–H groups in total. The zero-order valence-electron chi connectivity index (χ0n) is 21.9. The molecule has 0 spiro atoms. The Morgan fingerprint density at radius 1 is 1.18 bits per heavy atom. The Morgan fingerprint density at radius 3 is 2.40 bits per heavy atom. The van der Waals surface area contributed by atoms with E-state index in [-0.39, 0.29) is 11.4 Å². The summed E-state index contributed by atoms with van der Waals surface area (Å²) in [5.41, 5.74) is 4.18. The van der Waals surface area contributed by atoms with E-state index in [1.807, 2.05) is 23.8 Å². The number of rotatable bonds is 8. The molecule has 1 aromatic heterocycles. The van der Waals surface area contributed by atoms with Crippen LogP contribution in [0.3, 0.4) is 0 Å². The van der Waals surface area contributed by atoms with E-state index in [0.29, 0.717) is 17.1 Å². The zero-order valence-corrected chi connectivity index (χ0v) is 24.3. The summed E-state index contributed by atoms with van der Waals surface area (Å²) in [6.45, 7) is 6.47. The van der Waals surface area contributed by atoms with Crippen molar-refractivity contribution in [1.29, 1.82) is 0 Å². The first-order chi connectivity index (χ1) is 18.8. The summed E-state index contributed by atoms with van der Waals surface area (Å²) in [6, 6.07) is 16.2. The van der Waals surface area contributed by atoms with Crippen molar-refractivity contribution in [1.82, 2.24) is 9.62 Å². The number of aryl methyl sites for hydroxylation is 1. The molecule has 0 radical (unpaired) electrons. The lowest BCUT2D eigenvalue weighted by atomic mass is 9.97. The van der Waals surface area contributed by atoms with Crippen LogP contribution in [-0.4, -0.2) is 49.2 Å². The van der Waals surface area contributed by atoms with Crippen LogP contribution < -0.4 is 10.0 Å². The number of benzene rings is 2. The van der Waals surface area contributed by atoms with Gasteiger partial charge in [0, 0.05) is 31.7 Å². The third kappa shape index (κ3) is 9.20. The Hall–Kier alpha value is -2.64. The minimum Gasteiger partial charge on any atom is -0.475 e. The number of carboxylic acids is 1. The van der Waals surface area contributed by atoms with E-state index in [9.17, 15) is 21.6 Å². The van der Waals surface area contributed by atoms with E-state index in [2.05, 4.69) is 46.1 Å². The van der Waals surface area contributed by atoms with Crippen molar-refractivity contribution in [2.24, 2.45) is 0 Å². The molecule has 40 heavy (non-hydrogen) atoms. The van der Waals surface area contributed by atoms with Crippen LogP contribution in [0.2, 0.25) is 5.02 Å². The maximum Gasteiger partial charge on any atom is 0.490 e. The predicted molar refractivity (Wildman–Crippen MR) is 151 cm³/mol. The second-order valence-electron chi connectivity index (χ2n) is 9.52. The highest BCUT2D eigenvalue weighted by atomic mass is 35.5. The van der Waals surface area contributed by atoms with Crippen LogP contribution in [0, 0.1) is 6.92 Å². The van der Waals surface area contributed by atoms with Gasteiger partial charge >= 0.3 is 12.1 Å². The van der Waals surface area contributed by atoms with Crippen molar-refractivity contribution in [3.8, 4) is 0 Å². The minimum absolute atomic E-state index is 0.178. The molecule has 218 valence electrons. The monoisotopic (exact) mass is 617 g/mol. The van der Waals surface area contributed by atoms with Crippen molar-refractivity contribution < 1.29 is 31.5 Å². The Bertz CT molecular complexity index is 1390. The van der Waals surface area contributed by atoms with Crippen molar-refractivity contribution in [3.05, 3.63) is 81.0 Å². The number of likely N-dealkylation sites (tertiary alicyclic amines) is 1.